The lowest BCUT2D eigenvalue weighted by molar-refractivity contribution is 0.602. The first-order chi connectivity index (χ1) is 14.4. The van der Waals surface area contributed by atoms with E-state index in [1.165, 1.54) is 29.7 Å². The number of sulfone groups is 1. The van der Waals surface area contributed by atoms with Crippen molar-refractivity contribution in [3.8, 4) is 22.3 Å². The first kappa shape index (κ1) is 20.3. The standard InChI is InChI=1S/C23H19FN2O2S2/c1-30(27,28)20-9-5-18(6-10-20)22-14-16(15-26-23-25-12-13-29-23)2-11-21(22)17-3-7-19(24)8-4-17/h2-14H,15H2,1H3,(H,25,26). The molecule has 0 saturated carbocycles. The molecule has 0 unspecified atom stereocenters. The summed E-state index contributed by atoms with van der Waals surface area (Å²) in [7, 11) is -3.27. The average Bonchev–Trinajstić information content (AvgIpc) is 3.26. The summed E-state index contributed by atoms with van der Waals surface area (Å²) in [5.41, 5.74) is 4.72. The zero-order valence-corrected chi connectivity index (χ0v) is 17.8. The zero-order valence-electron chi connectivity index (χ0n) is 16.2. The second-order valence-electron chi connectivity index (χ2n) is 6.87. The van der Waals surface area contributed by atoms with Gasteiger partial charge >= 0.3 is 0 Å². The number of rotatable bonds is 6. The highest BCUT2D eigenvalue weighted by Gasteiger charge is 2.12. The lowest BCUT2D eigenvalue weighted by Crippen LogP contribution is -2.00. The Bertz CT molecular complexity index is 1250. The molecule has 1 N–H and O–H groups in total. The van der Waals surface area contributed by atoms with Gasteiger partial charge in [-0.3, -0.25) is 0 Å². The van der Waals surface area contributed by atoms with Crippen molar-refractivity contribution in [2.45, 2.75) is 11.4 Å². The summed E-state index contributed by atoms with van der Waals surface area (Å²) in [5, 5.41) is 6.05. The van der Waals surface area contributed by atoms with Gasteiger partial charge in [-0.15, -0.1) is 11.3 Å². The Morgan fingerprint density at radius 3 is 2.23 bits per heavy atom. The Labute approximate surface area is 179 Å². The molecule has 0 fully saturated rings. The Kier molecular flexibility index (Phi) is 5.65. The quantitative estimate of drug-likeness (QED) is 0.424. The number of aromatic nitrogens is 1. The topological polar surface area (TPSA) is 59.1 Å². The molecule has 0 saturated heterocycles. The van der Waals surface area contributed by atoms with Gasteiger partial charge in [0.25, 0.3) is 0 Å². The highest BCUT2D eigenvalue weighted by molar-refractivity contribution is 7.90. The molecule has 0 bridgehead atoms. The molecule has 0 spiro atoms. The van der Waals surface area contributed by atoms with Gasteiger partial charge < -0.3 is 5.32 Å². The lowest BCUT2D eigenvalue weighted by atomic mass is 9.93. The maximum atomic E-state index is 13.4. The monoisotopic (exact) mass is 438 g/mol. The van der Waals surface area contributed by atoms with Crippen LogP contribution in [0.2, 0.25) is 0 Å². The molecule has 4 rings (SSSR count). The summed E-state index contributed by atoms with van der Waals surface area (Å²) in [4.78, 5) is 4.51. The van der Waals surface area contributed by atoms with Crippen molar-refractivity contribution >= 4 is 26.3 Å². The van der Waals surface area contributed by atoms with Crippen LogP contribution in [0, 0.1) is 5.82 Å². The molecule has 7 heteroatoms. The molecular weight excluding hydrogens is 419 g/mol. The first-order valence-corrected chi connectivity index (χ1v) is 12.0. The van der Waals surface area contributed by atoms with Gasteiger partial charge in [0.05, 0.1) is 4.90 Å². The van der Waals surface area contributed by atoms with Crippen LogP contribution in [-0.2, 0) is 16.4 Å². The van der Waals surface area contributed by atoms with Crippen molar-refractivity contribution in [3.63, 3.8) is 0 Å². The summed E-state index contributed by atoms with van der Waals surface area (Å²) in [6.07, 6.45) is 2.94. The fourth-order valence-corrected chi connectivity index (χ4v) is 4.35. The molecule has 30 heavy (non-hydrogen) atoms. The zero-order chi connectivity index (χ0) is 21.1. The minimum atomic E-state index is -3.27. The van der Waals surface area contributed by atoms with Gasteiger partial charge in [0.15, 0.2) is 15.0 Å². The van der Waals surface area contributed by atoms with Crippen molar-refractivity contribution in [1.82, 2.24) is 4.98 Å². The smallest absolute Gasteiger partial charge is 0.182 e. The van der Waals surface area contributed by atoms with Crippen LogP contribution in [0.5, 0.6) is 0 Å². The van der Waals surface area contributed by atoms with E-state index in [-0.39, 0.29) is 10.7 Å². The molecule has 152 valence electrons. The Morgan fingerprint density at radius 1 is 0.933 bits per heavy atom. The molecule has 0 radical (unpaired) electrons. The van der Waals surface area contributed by atoms with Gasteiger partial charge in [-0.1, -0.05) is 36.4 Å². The number of nitrogens with zero attached hydrogens (tertiary/aromatic N) is 1. The van der Waals surface area contributed by atoms with Crippen molar-refractivity contribution in [1.29, 1.82) is 0 Å². The Balaban J connectivity index is 1.75. The van der Waals surface area contributed by atoms with Gasteiger partial charge in [0.1, 0.15) is 5.82 Å². The van der Waals surface area contributed by atoms with Crippen LogP contribution in [0.3, 0.4) is 0 Å². The second kappa shape index (κ2) is 8.38. The molecule has 0 aliphatic rings. The van der Waals surface area contributed by atoms with Crippen LogP contribution in [0.25, 0.3) is 22.3 Å². The Morgan fingerprint density at radius 2 is 1.60 bits per heavy atom. The molecule has 1 heterocycles. The largest absolute Gasteiger partial charge is 0.357 e. The number of benzene rings is 3. The van der Waals surface area contributed by atoms with Crippen LogP contribution < -0.4 is 5.32 Å². The summed E-state index contributed by atoms with van der Waals surface area (Å²) < 4.78 is 37.0. The van der Waals surface area contributed by atoms with Crippen LogP contribution in [0.15, 0.2) is 83.2 Å². The van der Waals surface area contributed by atoms with Crippen molar-refractivity contribution in [2.24, 2.45) is 0 Å². The first-order valence-electron chi connectivity index (χ1n) is 9.23. The predicted octanol–water partition coefficient (Wildman–Crippen LogP) is 5.63. The molecule has 0 aliphatic heterocycles. The molecule has 4 nitrogen and oxygen atoms in total. The maximum absolute atomic E-state index is 13.4. The minimum Gasteiger partial charge on any atom is -0.357 e. The van der Waals surface area contributed by atoms with Gasteiger partial charge in [-0.05, 0) is 58.1 Å². The molecule has 0 aliphatic carbocycles. The third-order valence-electron chi connectivity index (χ3n) is 4.71. The van der Waals surface area contributed by atoms with Gasteiger partial charge in [-0.2, -0.15) is 0 Å². The fourth-order valence-electron chi connectivity index (χ4n) is 3.19. The number of hydrogen-bond donors (Lipinski definition) is 1. The summed E-state index contributed by atoms with van der Waals surface area (Å²) in [5.74, 6) is -0.290. The molecule has 0 amide bonds. The van der Waals surface area contributed by atoms with E-state index < -0.39 is 9.84 Å². The summed E-state index contributed by atoms with van der Waals surface area (Å²) >= 11 is 1.53. The van der Waals surface area contributed by atoms with E-state index in [4.69, 9.17) is 0 Å². The van der Waals surface area contributed by atoms with Crippen LogP contribution in [0.4, 0.5) is 9.52 Å². The molecule has 3 aromatic carbocycles. The predicted molar refractivity (Wildman–Crippen MR) is 120 cm³/mol. The second-order valence-corrected chi connectivity index (χ2v) is 9.78. The number of nitrogens with one attached hydrogen (secondary N) is 1. The van der Waals surface area contributed by atoms with Gasteiger partial charge in [-0.25, -0.2) is 17.8 Å². The van der Waals surface area contributed by atoms with E-state index in [0.29, 0.717) is 6.54 Å². The fraction of sp³-hybridized carbons (Fsp3) is 0.0870. The van der Waals surface area contributed by atoms with Crippen LogP contribution in [-0.4, -0.2) is 19.7 Å². The molecular formula is C23H19FN2O2S2. The van der Waals surface area contributed by atoms with E-state index in [9.17, 15) is 12.8 Å². The van der Waals surface area contributed by atoms with Gasteiger partial charge in [0, 0.05) is 24.4 Å². The van der Waals surface area contributed by atoms with E-state index in [1.807, 2.05) is 17.5 Å². The third-order valence-corrected chi connectivity index (χ3v) is 6.57. The number of anilines is 1. The lowest BCUT2D eigenvalue weighted by Gasteiger charge is -2.14. The Hall–Kier alpha value is -3.03. The number of halogens is 1. The van der Waals surface area contributed by atoms with Crippen molar-refractivity contribution < 1.29 is 12.8 Å². The average molecular weight is 439 g/mol. The number of thiazole rings is 1. The molecule has 0 atom stereocenters. The molecule has 1 aromatic heterocycles. The minimum absolute atomic E-state index is 0.274. The van der Waals surface area contributed by atoms with Crippen molar-refractivity contribution in [3.05, 3.63) is 89.7 Å². The normalized spacial score (nSPS) is 11.4. The maximum Gasteiger partial charge on any atom is 0.182 e. The van der Waals surface area contributed by atoms with Crippen molar-refractivity contribution in [2.75, 3.05) is 11.6 Å². The van der Waals surface area contributed by atoms with Gasteiger partial charge in [0.2, 0.25) is 0 Å². The highest BCUT2D eigenvalue weighted by atomic mass is 32.2. The SMILES string of the molecule is CS(=O)(=O)c1ccc(-c2cc(CNc3nccs3)ccc2-c2ccc(F)cc2)cc1. The third kappa shape index (κ3) is 4.58. The van der Waals surface area contributed by atoms with E-state index in [1.54, 1.807) is 42.6 Å². The molecule has 4 aromatic rings. The summed E-state index contributed by atoms with van der Waals surface area (Å²) in [6.45, 7) is 0.603. The van der Waals surface area contributed by atoms with E-state index in [0.717, 1.165) is 32.9 Å². The van der Waals surface area contributed by atoms with E-state index in [2.05, 4.69) is 16.4 Å². The summed E-state index contributed by atoms with van der Waals surface area (Å²) in [6, 6.07) is 19.3. The van der Waals surface area contributed by atoms with Crippen LogP contribution >= 0.6 is 11.3 Å². The number of hydrogen-bond acceptors (Lipinski definition) is 5. The van der Waals surface area contributed by atoms with Crippen LogP contribution in [0.1, 0.15) is 5.56 Å². The highest BCUT2D eigenvalue weighted by Crippen LogP contribution is 2.34. The van der Waals surface area contributed by atoms with E-state index >= 15 is 0 Å².